The fourth-order valence-corrected chi connectivity index (χ4v) is 1.79. The number of carboxylic acid groups (broad SMARTS) is 1. The number of primary amides is 1. The van der Waals surface area contributed by atoms with Gasteiger partial charge in [-0.25, -0.2) is 9.59 Å². The van der Waals surface area contributed by atoms with Crippen LogP contribution in [0.2, 0.25) is 0 Å². The molecule has 0 radical (unpaired) electrons. The highest BCUT2D eigenvalue weighted by Gasteiger charge is 2.20. The molecule has 0 unspecified atom stereocenters. The molecule has 7 nitrogen and oxygen atoms in total. The van der Waals surface area contributed by atoms with Crippen LogP contribution in [-0.4, -0.2) is 29.1 Å². The van der Waals surface area contributed by atoms with Crippen molar-refractivity contribution in [2.75, 3.05) is 5.32 Å². The minimum Gasteiger partial charge on any atom is -0.480 e. The molecule has 5 N–H and O–H groups in total. The van der Waals surface area contributed by atoms with Gasteiger partial charge in [0.25, 0.3) is 5.91 Å². The van der Waals surface area contributed by atoms with Crippen LogP contribution in [0.15, 0.2) is 24.3 Å². The second kappa shape index (κ2) is 7.88. The van der Waals surface area contributed by atoms with Gasteiger partial charge in [-0.05, 0) is 24.6 Å². The molecule has 7 heteroatoms. The number of carbonyl (C=O) groups excluding carboxylic acids is 2. The molecule has 21 heavy (non-hydrogen) atoms. The highest BCUT2D eigenvalue weighted by atomic mass is 16.4. The molecule has 0 saturated carbocycles. The molecule has 0 heterocycles. The van der Waals surface area contributed by atoms with E-state index in [2.05, 4.69) is 10.6 Å². The lowest BCUT2D eigenvalue weighted by Gasteiger charge is -2.14. The van der Waals surface area contributed by atoms with E-state index in [1.54, 1.807) is 12.1 Å². The highest BCUT2D eigenvalue weighted by molar-refractivity contribution is 5.98. The van der Waals surface area contributed by atoms with E-state index in [0.29, 0.717) is 18.5 Å². The van der Waals surface area contributed by atoms with Gasteiger partial charge in [0, 0.05) is 11.3 Å². The van der Waals surface area contributed by atoms with E-state index in [-0.39, 0.29) is 5.56 Å². The second-order valence-electron chi connectivity index (χ2n) is 4.58. The molecule has 1 aromatic rings. The lowest BCUT2D eigenvalue weighted by atomic mass is 10.1. The molecule has 0 saturated heterocycles. The van der Waals surface area contributed by atoms with E-state index in [0.717, 1.165) is 6.42 Å². The summed E-state index contributed by atoms with van der Waals surface area (Å²) in [6.45, 7) is 1.94. The number of hydrogen-bond acceptors (Lipinski definition) is 3. The quantitative estimate of drug-likeness (QED) is 0.609. The van der Waals surface area contributed by atoms with Crippen molar-refractivity contribution < 1.29 is 19.5 Å². The number of nitrogens with two attached hydrogens (primary N) is 1. The predicted molar refractivity (Wildman–Crippen MR) is 78.1 cm³/mol. The Labute approximate surface area is 122 Å². The maximum atomic E-state index is 12.0. The van der Waals surface area contributed by atoms with Crippen LogP contribution in [0.1, 0.15) is 36.5 Å². The first-order chi connectivity index (χ1) is 9.93. The fourth-order valence-electron chi connectivity index (χ4n) is 1.79. The van der Waals surface area contributed by atoms with E-state index >= 15 is 0 Å². The average molecular weight is 293 g/mol. The summed E-state index contributed by atoms with van der Waals surface area (Å²) in [5.74, 6) is -1.57. The standard InChI is InChI=1S/C14H19N3O4/c1-2-3-7-11(13(19)20)17-12(18)9-5-4-6-10(8-9)16-14(15)21/h4-6,8,11H,2-3,7H2,1H3,(H,17,18)(H,19,20)(H3,15,16,21)/t11-/m0/s1. The van der Waals surface area contributed by atoms with Gasteiger partial charge in [-0.2, -0.15) is 0 Å². The van der Waals surface area contributed by atoms with Crippen LogP contribution in [0.4, 0.5) is 10.5 Å². The zero-order valence-corrected chi connectivity index (χ0v) is 11.8. The minimum absolute atomic E-state index is 0.254. The molecule has 0 aliphatic heterocycles. The smallest absolute Gasteiger partial charge is 0.326 e. The number of aliphatic carboxylic acids is 1. The lowest BCUT2D eigenvalue weighted by molar-refractivity contribution is -0.139. The van der Waals surface area contributed by atoms with Crippen LogP contribution < -0.4 is 16.4 Å². The van der Waals surface area contributed by atoms with Gasteiger partial charge >= 0.3 is 12.0 Å². The molecule has 114 valence electrons. The topological polar surface area (TPSA) is 122 Å². The highest BCUT2D eigenvalue weighted by Crippen LogP contribution is 2.11. The third-order valence-corrected chi connectivity index (χ3v) is 2.84. The first kappa shape index (κ1) is 16.5. The van der Waals surface area contributed by atoms with Crippen molar-refractivity contribution >= 4 is 23.6 Å². The number of benzene rings is 1. The monoisotopic (exact) mass is 293 g/mol. The molecule has 0 aliphatic carbocycles. The molecule has 1 aromatic carbocycles. The number of urea groups is 1. The number of unbranched alkanes of at least 4 members (excludes halogenated alkanes) is 1. The first-order valence-corrected chi connectivity index (χ1v) is 6.64. The maximum Gasteiger partial charge on any atom is 0.326 e. The van der Waals surface area contributed by atoms with Crippen LogP contribution in [0.3, 0.4) is 0 Å². The van der Waals surface area contributed by atoms with Crippen LogP contribution in [0.5, 0.6) is 0 Å². The molecular formula is C14H19N3O4. The van der Waals surface area contributed by atoms with Gasteiger partial charge in [-0.15, -0.1) is 0 Å². The lowest BCUT2D eigenvalue weighted by Crippen LogP contribution is -2.40. The fraction of sp³-hybridized carbons (Fsp3) is 0.357. The van der Waals surface area contributed by atoms with Crippen LogP contribution in [0.25, 0.3) is 0 Å². The zero-order chi connectivity index (χ0) is 15.8. The summed E-state index contributed by atoms with van der Waals surface area (Å²) in [4.78, 5) is 33.9. The third-order valence-electron chi connectivity index (χ3n) is 2.84. The third kappa shape index (κ3) is 5.52. The van der Waals surface area contributed by atoms with Crippen LogP contribution >= 0.6 is 0 Å². The van der Waals surface area contributed by atoms with E-state index in [1.165, 1.54) is 12.1 Å². The summed E-state index contributed by atoms with van der Waals surface area (Å²) < 4.78 is 0. The number of carbonyl (C=O) groups is 3. The Morgan fingerprint density at radius 1 is 1.33 bits per heavy atom. The molecule has 0 bridgehead atoms. The summed E-state index contributed by atoms with van der Waals surface area (Å²) in [7, 11) is 0. The maximum absolute atomic E-state index is 12.0. The Kier molecular flexibility index (Phi) is 6.19. The summed E-state index contributed by atoms with van der Waals surface area (Å²) >= 11 is 0. The van der Waals surface area contributed by atoms with Gasteiger partial charge in [-0.1, -0.05) is 25.8 Å². The van der Waals surface area contributed by atoms with Gasteiger partial charge in [-0.3, -0.25) is 4.79 Å². The molecule has 0 fully saturated rings. The van der Waals surface area contributed by atoms with Crippen LogP contribution in [-0.2, 0) is 4.79 Å². The van der Waals surface area contributed by atoms with Crippen molar-refractivity contribution in [1.29, 1.82) is 0 Å². The molecular weight excluding hydrogens is 274 g/mol. The zero-order valence-electron chi connectivity index (χ0n) is 11.8. The number of amides is 3. The van der Waals surface area contributed by atoms with Crippen molar-refractivity contribution in [1.82, 2.24) is 5.32 Å². The van der Waals surface area contributed by atoms with Gasteiger partial charge in [0.05, 0.1) is 0 Å². The predicted octanol–water partition coefficient (Wildman–Crippen LogP) is 1.55. The Morgan fingerprint density at radius 2 is 2.05 bits per heavy atom. The van der Waals surface area contributed by atoms with Crippen molar-refractivity contribution in [2.24, 2.45) is 5.73 Å². The molecule has 0 aromatic heterocycles. The molecule has 0 spiro atoms. The average Bonchev–Trinajstić information content (AvgIpc) is 2.42. The summed E-state index contributed by atoms with van der Waals surface area (Å²) in [6.07, 6.45) is 1.93. The minimum atomic E-state index is -1.07. The van der Waals surface area contributed by atoms with Crippen LogP contribution in [0, 0.1) is 0 Å². The van der Waals surface area contributed by atoms with Crippen molar-refractivity contribution in [2.45, 2.75) is 32.2 Å². The molecule has 3 amide bonds. The summed E-state index contributed by atoms with van der Waals surface area (Å²) in [6, 6.07) is 4.44. The number of nitrogens with one attached hydrogen (secondary N) is 2. The summed E-state index contributed by atoms with van der Waals surface area (Å²) in [5.41, 5.74) is 5.62. The van der Waals surface area contributed by atoms with Gasteiger partial charge < -0.3 is 21.5 Å². The van der Waals surface area contributed by atoms with E-state index in [9.17, 15) is 14.4 Å². The Morgan fingerprint density at radius 3 is 2.62 bits per heavy atom. The van der Waals surface area contributed by atoms with Crippen molar-refractivity contribution in [3.63, 3.8) is 0 Å². The van der Waals surface area contributed by atoms with Gasteiger partial charge in [0.15, 0.2) is 0 Å². The Hall–Kier alpha value is -2.57. The van der Waals surface area contributed by atoms with E-state index < -0.39 is 23.9 Å². The number of anilines is 1. The number of rotatable bonds is 7. The van der Waals surface area contributed by atoms with Gasteiger partial charge in [0.1, 0.15) is 6.04 Å². The molecule has 0 aliphatic rings. The van der Waals surface area contributed by atoms with Crippen molar-refractivity contribution in [3.05, 3.63) is 29.8 Å². The number of hydrogen-bond donors (Lipinski definition) is 4. The van der Waals surface area contributed by atoms with Gasteiger partial charge in [0.2, 0.25) is 0 Å². The van der Waals surface area contributed by atoms with E-state index in [1.807, 2.05) is 6.92 Å². The SMILES string of the molecule is CCCC[C@H](NC(=O)c1cccc(NC(N)=O)c1)C(=O)O. The largest absolute Gasteiger partial charge is 0.480 e. The second-order valence-corrected chi connectivity index (χ2v) is 4.58. The first-order valence-electron chi connectivity index (χ1n) is 6.64. The summed E-state index contributed by atoms with van der Waals surface area (Å²) in [5, 5.41) is 13.9. The van der Waals surface area contributed by atoms with Crippen molar-refractivity contribution in [3.8, 4) is 0 Å². The molecule has 1 atom stereocenters. The normalized spacial score (nSPS) is 11.5. The molecule has 1 rings (SSSR count). The number of carboxylic acids is 1. The Bertz CT molecular complexity index is 531. The van der Waals surface area contributed by atoms with E-state index in [4.69, 9.17) is 10.8 Å². The Balaban J connectivity index is 2.77.